The van der Waals surface area contributed by atoms with Crippen LogP contribution in [0.2, 0.25) is 0 Å². The van der Waals surface area contributed by atoms with Crippen molar-refractivity contribution < 1.29 is 5.11 Å². The van der Waals surface area contributed by atoms with E-state index in [0.717, 1.165) is 6.42 Å². The maximum atomic E-state index is 9.18. The molecule has 1 nitrogen and oxygen atoms in total. The van der Waals surface area contributed by atoms with E-state index in [-0.39, 0.29) is 5.41 Å². The van der Waals surface area contributed by atoms with E-state index in [2.05, 4.69) is 27.7 Å². The summed E-state index contributed by atoms with van der Waals surface area (Å²) < 4.78 is 0. The van der Waals surface area contributed by atoms with Crippen molar-refractivity contribution in [2.75, 3.05) is 6.61 Å². The van der Waals surface area contributed by atoms with E-state index in [4.69, 9.17) is 0 Å². The fourth-order valence-corrected chi connectivity index (χ4v) is 1.40. The highest BCUT2D eigenvalue weighted by Crippen LogP contribution is 2.33. The second kappa shape index (κ2) is 4.76. The normalized spacial score (nSPS) is 19.4. The topological polar surface area (TPSA) is 20.2 Å². The van der Waals surface area contributed by atoms with Crippen molar-refractivity contribution in [1.29, 1.82) is 0 Å². The first-order valence-electron chi connectivity index (χ1n) is 4.71. The predicted octanol–water partition coefficient (Wildman–Crippen LogP) is 2.83. The molecule has 0 heterocycles. The third-order valence-electron chi connectivity index (χ3n) is 3.08. The van der Waals surface area contributed by atoms with Gasteiger partial charge in [0.25, 0.3) is 0 Å². The SMILES string of the molecule is CCCC(C)C(C)(CC)CO. The zero-order valence-electron chi connectivity index (χ0n) is 8.35. The van der Waals surface area contributed by atoms with Gasteiger partial charge >= 0.3 is 0 Å². The van der Waals surface area contributed by atoms with Crippen LogP contribution in [0.4, 0.5) is 0 Å². The summed E-state index contributed by atoms with van der Waals surface area (Å²) in [4.78, 5) is 0. The standard InChI is InChI=1S/C10H22O/c1-5-7-9(3)10(4,6-2)8-11/h9,11H,5-8H2,1-4H3. The van der Waals surface area contributed by atoms with Gasteiger partial charge in [0.05, 0.1) is 0 Å². The average molecular weight is 158 g/mol. The van der Waals surface area contributed by atoms with E-state index in [0.29, 0.717) is 12.5 Å². The maximum Gasteiger partial charge on any atom is 0.0487 e. The van der Waals surface area contributed by atoms with Gasteiger partial charge in [0.2, 0.25) is 0 Å². The molecule has 0 aliphatic carbocycles. The van der Waals surface area contributed by atoms with E-state index in [1.54, 1.807) is 0 Å². The number of aliphatic hydroxyl groups excluding tert-OH is 1. The number of hydrogen-bond acceptors (Lipinski definition) is 1. The number of hydrogen-bond donors (Lipinski definition) is 1. The van der Waals surface area contributed by atoms with Gasteiger partial charge in [-0.15, -0.1) is 0 Å². The molecule has 2 unspecified atom stereocenters. The highest BCUT2D eigenvalue weighted by molar-refractivity contribution is 4.77. The van der Waals surface area contributed by atoms with Crippen LogP contribution >= 0.6 is 0 Å². The van der Waals surface area contributed by atoms with Gasteiger partial charge in [-0.05, 0) is 17.8 Å². The Bertz CT molecular complexity index is 95.0. The van der Waals surface area contributed by atoms with E-state index in [1.807, 2.05) is 0 Å². The van der Waals surface area contributed by atoms with Crippen LogP contribution in [0.25, 0.3) is 0 Å². The second-order valence-electron chi connectivity index (χ2n) is 3.86. The molecule has 0 saturated heterocycles. The molecule has 1 heteroatoms. The maximum absolute atomic E-state index is 9.18. The summed E-state index contributed by atoms with van der Waals surface area (Å²) in [5.41, 5.74) is 0.149. The Morgan fingerprint density at radius 3 is 2.18 bits per heavy atom. The zero-order valence-corrected chi connectivity index (χ0v) is 8.35. The van der Waals surface area contributed by atoms with Crippen LogP contribution in [0.5, 0.6) is 0 Å². The fraction of sp³-hybridized carbons (Fsp3) is 1.00. The molecule has 0 aliphatic heterocycles. The zero-order chi connectivity index (χ0) is 8.91. The molecule has 0 saturated carbocycles. The monoisotopic (exact) mass is 158 g/mol. The molecule has 0 aromatic heterocycles. The van der Waals surface area contributed by atoms with Gasteiger partial charge in [0.1, 0.15) is 0 Å². The lowest BCUT2D eigenvalue weighted by atomic mass is 9.75. The average Bonchev–Trinajstić information content (AvgIpc) is 2.03. The third kappa shape index (κ3) is 2.82. The Morgan fingerprint density at radius 2 is 1.91 bits per heavy atom. The smallest absolute Gasteiger partial charge is 0.0487 e. The largest absolute Gasteiger partial charge is 0.396 e. The van der Waals surface area contributed by atoms with Gasteiger partial charge in [-0.3, -0.25) is 0 Å². The van der Waals surface area contributed by atoms with Crippen LogP contribution in [0.15, 0.2) is 0 Å². The van der Waals surface area contributed by atoms with Crippen molar-refractivity contribution in [2.45, 2.75) is 47.0 Å². The minimum atomic E-state index is 0.149. The molecular formula is C10H22O. The molecular weight excluding hydrogens is 136 g/mol. The molecule has 11 heavy (non-hydrogen) atoms. The molecule has 0 radical (unpaired) electrons. The summed E-state index contributed by atoms with van der Waals surface area (Å²) >= 11 is 0. The summed E-state index contributed by atoms with van der Waals surface area (Å²) in [5, 5.41) is 9.18. The van der Waals surface area contributed by atoms with Gasteiger partial charge in [-0.1, -0.05) is 40.5 Å². The highest BCUT2D eigenvalue weighted by atomic mass is 16.3. The highest BCUT2D eigenvalue weighted by Gasteiger charge is 2.27. The van der Waals surface area contributed by atoms with Crippen molar-refractivity contribution in [3.05, 3.63) is 0 Å². The molecule has 0 rings (SSSR count). The van der Waals surface area contributed by atoms with E-state index in [1.165, 1.54) is 12.8 Å². The summed E-state index contributed by atoms with van der Waals surface area (Å²) in [6, 6.07) is 0. The van der Waals surface area contributed by atoms with Gasteiger partial charge in [0.15, 0.2) is 0 Å². The van der Waals surface area contributed by atoms with Crippen LogP contribution in [0, 0.1) is 11.3 Å². The second-order valence-corrected chi connectivity index (χ2v) is 3.86. The first kappa shape index (κ1) is 11.0. The summed E-state index contributed by atoms with van der Waals surface area (Å²) in [6.45, 7) is 9.09. The summed E-state index contributed by atoms with van der Waals surface area (Å²) in [5.74, 6) is 0.641. The van der Waals surface area contributed by atoms with Crippen LogP contribution < -0.4 is 0 Å². The van der Waals surface area contributed by atoms with Crippen LogP contribution in [0.1, 0.15) is 47.0 Å². The van der Waals surface area contributed by atoms with Crippen molar-refractivity contribution in [1.82, 2.24) is 0 Å². The molecule has 0 bridgehead atoms. The quantitative estimate of drug-likeness (QED) is 0.652. The molecule has 2 atom stereocenters. The summed E-state index contributed by atoms with van der Waals surface area (Å²) in [7, 11) is 0. The molecule has 0 aliphatic rings. The van der Waals surface area contributed by atoms with Crippen molar-refractivity contribution in [3.63, 3.8) is 0 Å². The Labute approximate surface area is 70.8 Å². The Kier molecular flexibility index (Phi) is 4.74. The number of rotatable bonds is 5. The van der Waals surface area contributed by atoms with Gasteiger partial charge in [-0.2, -0.15) is 0 Å². The lowest BCUT2D eigenvalue weighted by Crippen LogP contribution is -2.28. The van der Waals surface area contributed by atoms with Crippen molar-refractivity contribution in [3.8, 4) is 0 Å². The van der Waals surface area contributed by atoms with Gasteiger partial charge in [0, 0.05) is 6.61 Å². The molecule has 0 amide bonds. The fourth-order valence-electron chi connectivity index (χ4n) is 1.40. The van der Waals surface area contributed by atoms with E-state index >= 15 is 0 Å². The first-order valence-corrected chi connectivity index (χ1v) is 4.71. The molecule has 0 aromatic carbocycles. The van der Waals surface area contributed by atoms with Crippen LogP contribution in [0.3, 0.4) is 0 Å². The third-order valence-corrected chi connectivity index (χ3v) is 3.08. The summed E-state index contributed by atoms with van der Waals surface area (Å²) in [6.07, 6.45) is 3.52. The van der Waals surface area contributed by atoms with E-state index in [9.17, 15) is 5.11 Å². The van der Waals surface area contributed by atoms with Crippen LogP contribution in [-0.4, -0.2) is 11.7 Å². The lowest BCUT2D eigenvalue weighted by Gasteiger charge is -2.32. The van der Waals surface area contributed by atoms with Gasteiger partial charge in [-0.25, -0.2) is 0 Å². The molecule has 0 aromatic rings. The first-order chi connectivity index (χ1) is 5.10. The van der Waals surface area contributed by atoms with Crippen molar-refractivity contribution in [2.24, 2.45) is 11.3 Å². The van der Waals surface area contributed by atoms with Crippen molar-refractivity contribution >= 4 is 0 Å². The molecule has 0 fully saturated rings. The van der Waals surface area contributed by atoms with E-state index < -0.39 is 0 Å². The molecule has 68 valence electrons. The minimum Gasteiger partial charge on any atom is -0.396 e. The predicted molar refractivity (Wildman–Crippen MR) is 49.6 cm³/mol. The van der Waals surface area contributed by atoms with Crippen LogP contribution in [-0.2, 0) is 0 Å². The number of aliphatic hydroxyl groups is 1. The Morgan fingerprint density at radius 1 is 1.36 bits per heavy atom. The minimum absolute atomic E-state index is 0.149. The molecule has 1 N–H and O–H groups in total. The Hall–Kier alpha value is -0.0400. The van der Waals surface area contributed by atoms with Gasteiger partial charge < -0.3 is 5.11 Å². The lowest BCUT2D eigenvalue weighted by molar-refractivity contribution is 0.0774. The molecule has 0 spiro atoms. The Balaban J connectivity index is 4.00.